The van der Waals surface area contributed by atoms with Crippen LogP contribution < -0.4 is 10.2 Å². The molecule has 1 aliphatic rings. The molecule has 0 aromatic heterocycles. The monoisotopic (exact) mass is 370 g/mol. The molecule has 140 valence electrons. The summed E-state index contributed by atoms with van der Waals surface area (Å²) in [5.41, 5.74) is 5.48. The summed E-state index contributed by atoms with van der Waals surface area (Å²) in [4.78, 5) is 27.1. The van der Waals surface area contributed by atoms with E-state index in [-0.39, 0.29) is 11.8 Å². The van der Waals surface area contributed by atoms with Crippen molar-refractivity contribution in [3.8, 4) is 0 Å². The first-order chi connectivity index (χ1) is 13.6. The van der Waals surface area contributed by atoms with Crippen molar-refractivity contribution in [2.45, 2.75) is 19.9 Å². The van der Waals surface area contributed by atoms with E-state index in [0.29, 0.717) is 24.2 Å². The number of benzene rings is 3. The molecule has 2 amide bonds. The highest BCUT2D eigenvalue weighted by Crippen LogP contribution is 2.30. The van der Waals surface area contributed by atoms with E-state index in [1.807, 2.05) is 78.6 Å². The minimum atomic E-state index is -0.0959. The molecule has 1 N–H and O–H groups in total. The summed E-state index contributed by atoms with van der Waals surface area (Å²) in [6, 6.07) is 23.0. The highest BCUT2D eigenvalue weighted by atomic mass is 16.2. The van der Waals surface area contributed by atoms with Gasteiger partial charge in [0.15, 0.2) is 0 Å². The van der Waals surface area contributed by atoms with Crippen molar-refractivity contribution >= 4 is 17.5 Å². The van der Waals surface area contributed by atoms with E-state index < -0.39 is 0 Å². The van der Waals surface area contributed by atoms with Crippen molar-refractivity contribution in [3.05, 3.63) is 101 Å². The predicted octanol–water partition coefficient (Wildman–Crippen LogP) is 4.13. The minimum Gasteiger partial charge on any atom is -0.348 e. The number of carbonyl (C=O) groups is 2. The van der Waals surface area contributed by atoms with Gasteiger partial charge in [-0.05, 0) is 54.8 Å². The Balaban J connectivity index is 1.49. The Kier molecular flexibility index (Phi) is 4.94. The highest BCUT2D eigenvalue weighted by molar-refractivity contribution is 6.07. The van der Waals surface area contributed by atoms with Crippen LogP contribution in [-0.4, -0.2) is 18.4 Å². The van der Waals surface area contributed by atoms with Gasteiger partial charge in [-0.1, -0.05) is 48.0 Å². The van der Waals surface area contributed by atoms with Crippen molar-refractivity contribution in [2.24, 2.45) is 0 Å². The number of hydrogen-bond donors (Lipinski definition) is 1. The molecule has 0 spiro atoms. The number of anilines is 1. The maximum Gasteiger partial charge on any atom is 0.258 e. The lowest BCUT2D eigenvalue weighted by Gasteiger charge is -2.18. The SMILES string of the molecule is Cc1cccc(C(=O)NCc2ccc3c(c2)N(C(=O)c2ccccc2)CC3)c1. The Morgan fingerprint density at radius 1 is 0.929 bits per heavy atom. The van der Waals surface area contributed by atoms with Crippen molar-refractivity contribution in [1.82, 2.24) is 5.32 Å². The molecule has 0 radical (unpaired) electrons. The van der Waals surface area contributed by atoms with Crippen LogP contribution in [0.25, 0.3) is 0 Å². The zero-order valence-electron chi connectivity index (χ0n) is 15.8. The van der Waals surface area contributed by atoms with Crippen molar-refractivity contribution < 1.29 is 9.59 Å². The lowest BCUT2D eigenvalue weighted by Crippen LogP contribution is -2.29. The van der Waals surface area contributed by atoms with Gasteiger partial charge in [-0.2, -0.15) is 0 Å². The van der Waals surface area contributed by atoms with E-state index >= 15 is 0 Å². The lowest BCUT2D eigenvalue weighted by molar-refractivity contribution is 0.0949. The number of nitrogens with one attached hydrogen (secondary N) is 1. The Morgan fingerprint density at radius 3 is 2.50 bits per heavy atom. The van der Waals surface area contributed by atoms with Gasteiger partial charge in [-0.3, -0.25) is 9.59 Å². The van der Waals surface area contributed by atoms with E-state index in [9.17, 15) is 9.59 Å². The second kappa shape index (κ2) is 7.69. The molecule has 0 atom stereocenters. The molecule has 0 bridgehead atoms. The molecule has 0 unspecified atom stereocenters. The third-order valence-corrected chi connectivity index (χ3v) is 5.04. The van der Waals surface area contributed by atoms with E-state index in [4.69, 9.17) is 0 Å². The number of carbonyl (C=O) groups excluding carboxylic acids is 2. The normalized spacial score (nSPS) is 12.5. The first kappa shape index (κ1) is 18.0. The van der Waals surface area contributed by atoms with Gasteiger partial charge in [0.1, 0.15) is 0 Å². The molecule has 0 saturated heterocycles. The Bertz CT molecular complexity index is 1030. The topological polar surface area (TPSA) is 49.4 Å². The maximum absolute atomic E-state index is 12.9. The van der Waals surface area contributed by atoms with E-state index in [1.165, 1.54) is 0 Å². The number of aryl methyl sites for hydroxylation is 1. The molecule has 1 heterocycles. The number of rotatable bonds is 4. The van der Waals surface area contributed by atoms with Crippen LogP contribution in [0.3, 0.4) is 0 Å². The third-order valence-electron chi connectivity index (χ3n) is 5.04. The van der Waals surface area contributed by atoms with Crippen LogP contribution in [0.5, 0.6) is 0 Å². The van der Waals surface area contributed by atoms with Crippen LogP contribution in [-0.2, 0) is 13.0 Å². The summed E-state index contributed by atoms with van der Waals surface area (Å²) in [6.45, 7) is 3.07. The van der Waals surface area contributed by atoms with Crippen molar-refractivity contribution in [1.29, 1.82) is 0 Å². The number of hydrogen-bond acceptors (Lipinski definition) is 2. The second-order valence-electron chi connectivity index (χ2n) is 7.09. The standard InChI is InChI=1S/C24H22N2O2/c1-17-6-5-9-21(14-17)23(27)25-16-18-10-11-19-12-13-26(22(19)15-18)24(28)20-7-3-2-4-8-20/h2-11,14-15H,12-13,16H2,1H3,(H,25,27). The van der Waals surface area contributed by atoms with E-state index in [0.717, 1.165) is 28.8 Å². The average molecular weight is 370 g/mol. The molecule has 28 heavy (non-hydrogen) atoms. The molecule has 1 aliphatic heterocycles. The first-order valence-corrected chi connectivity index (χ1v) is 9.45. The highest BCUT2D eigenvalue weighted by Gasteiger charge is 2.25. The summed E-state index contributed by atoms with van der Waals surface area (Å²) in [5.74, 6) is -0.0817. The minimum absolute atomic E-state index is 0.0142. The molecule has 4 heteroatoms. The van der Waals surface area contributed by atoms with Gasteiger partial charge in [-0.25, -0.2) is 0 Å². The molecule has 3 aromatic carbocycles. The largest absolute Gasteiger partial charge is 0.348 e. The van der Waals surface area contributed by atoms with Crippen LogP contribution in [0.4, 0.5) is 5.69 Å². The van der Waals surface area contributed by atoms with Crippen LogP contribution in [0.15, 0.2) is 72.8 Å². The summed E-state index contributed by atoms with van der Waals surface area (Å²) in [6.07, 6.45) is 0.851. The second-order valence-corrected chi connectivity index (χ2v) is 7.09. The van der Waals surface area contributed by atoms with Crippen molar-refractivity contribution in [2.75, 3.05) is 11.4 Å². The molecule has 0 aliphatic carbocycles. The van der Waals surface area contributed by atoms with E-state index in [1.54, 1.807) is 0 Å². The summed E-state index contributed by atoms with van der Waals surface area (Å²) in [7, 11) is 0. The summed E-state index contributed by atoms with van der Waals surface area (Å²) < 4.78 is 0. The van der Waals surface area contributed by atoms with Crippen molar-refractivity contribution in [3.63, 3.8) is 0 Å². The molecule has 4 nitrogen and oxygen atoms in total. The van der Waals surface area contributed by atoms with Gasteiger partial charge >= 0.3 is 0 Å². The van der Waals surface area contributed by atoms with Crippen LogP contribution in [0.1, 0.15) is 37.4 Å². The van der Waals surface area contributed by atoms with Crippen LogP contribution in [0, 0.1) is 6.92 Å². The molecule has 3 aromatic rings. The quantitative estimate of drug-likeness (QED) is 0.751. The van der Waals surface area contributed by atoms with Gasteiger partial charge < -0.3 is 10.2 Å². The first-order valence-electron chi connectivity index (χ1n) is 9.45. The molecule has 0 fully saturated rings. The fourth-order valence-corrected chi connectivity index (χ4v) is 3.55. The fraction of sp³-hybridized carbons (Fsp3) is 0.167. The van der Waals surface area contributed by atoms with Gasteiger partial charge in [0.25, 0.3) is 11.8 Å². The lowest BCUT2D eigenvalue weighted by atomic mass is 10.1. The summed E-state index contributed by atoms with van der Waals surface area (Å²) in [5, 5.41) is 2.97. The fourth-order valence-electron chi connectivity index (χ4n) is 3.55. The maximum atomic E-state index is 12.9. The Morgan fingerprint density at radius 2 is 1.71 bits per heavy atom. The molecular weight excluding hydrogens is 348 g/mol. The Labute approximate surface area is 164 Å². The van der Waals surface area contributed by atoms with Crippen LogP contribution in [0.2, 0.25) is 0 Å². The Hall–Kier alpha value is -3.40. The van der Waals surface area contributed by atoms with Gasteiger partial charge in [0, 0.05) is 29.9 Å². The predicted molar refractivity (Wildman–Crippen MR) is 111 cm³/mol. The third kappa shape index (κ3) is 3.67. The average Bonchev–Trinajstić information content (AvgIpc) is 3.15. The number of amides is 2. The molecule has 0 saturated carbocycles. The number of fused-ring (bicyclic) bond motifs is 1. The number of nitrogens with zero attached hydrogens (tertiary/aromatic N) is 1. The molecule has 4 rings (SSSR count). The summed E-state index contributed by atoms with van der Waals surface area (Å²) >= 11 is 0. The molecular formula is C24H22N2O2. The zero-order valence-corrected chi connectivity index (χ0v) is 15.8. The van der Waals surface area contributed by atoms with Gasteiger partial charge in [0.2, 0.25) is 0 Å². The van der Waals surface area contributed by atoms with Gasteiger partial charge in [0.05, 0.1) is 0 Å². The smallest absolute Gasteiger partial charge is 0.258 e. The van der Waals surface area contributed by atoms with Crippen LogP contribution >= 0.6 is 0 Å². The van der Waals surface area contributed by atoms with Gasteiger partial charge in [-0.15, -0.1) is 0 Å². The van der Waals surface area contributed by atoms with E-state index in [2.05, 4.69) is 11.4 Å². The zero-order chi connectivity index (χ0) is 19.5.